The van der Waals surface area contributed by atoms with E-state index >= 15 is 0 Å². The molecule has 0 spiro atoms. The van der Waals surface area contributed by atoms with Crippen LogP contribution >= 0.6 is 0 Å². The van der Waals surface area contributed by atoms with Gasteiger partial charge in [0.2, 0.25) is 5.91 Å². The maximum absolute atomic E-state index is 14.3. The van der Waals surface area contributed by atoms with Gasteiger partial charge in [-0.05, 0) is 48.7 Å². The first kappa shape index (κ1) is 16.9. The SMILES string of the molecule is O=C([C@H]1CCCN1)N1CC(c2cc(F)ccc2F)=CC1c1ccccc1. The second-order valence-electron chi connectivity index (χ2n) is 6.79. The zero-order valence-corrected chi connectivity index (χ0v) is 14.3. The number of hydrogen-bond donors (Lipinski definition) is 1. The average molecular weight is 354 g/mol. The van der Waals surface area contributed by atoms with Crippen LogP contribution in [0.15, 0.2) is 54.6 Å². The molecule has 1 unspecified atom stereocenters. The number of carbonyl (C=O) groups is 1. The van der Waals surface area contributed by atoms with E-state index in [-0.39, 0.29) is 30.1 Å². The molecular weight excluding hydrogens is 334 g/mol. The standard InChI is InChI=1S/C21H20F2N2O/c22-16-8-9-18(23)17(12-16)15-11-20(14-5-2-1-3-6-14)25(13-15)21(26)19-7-4-10-24-19/h1-3,5-6,8-9,11-12,19-20,24H,4,7,10,13H2/t19-,20?/m1/s1. The highest BCUT2D eigenvalue weighted by atomic mass is 19.1. The minimum atomic E-state index is -0.485. The van der Waals surface area contributed by atoms with E-state index < -0.39 is 11.6 Å². The third-order valence-electron chi connectivity index (χ3n) is 5.09. The third kappa shape index (κ3) is 3.15. The quantitative estimate of drug-likeness (QED) is 0.912. The molecule has 2 aromatic carbocycles. The van der Waals surface area contributed by atoms with E-state index in [2.05, 4.69) is 5.32 Å². The van der Waals surface area contributed by atoms with Crippen LogP contribution < -0.4 is 5.32 Å². The Hall–Kier alpha value is -2.53. The van der Waals surface area contributed by atoms with Gasteiger partial charge in [0.1, 0.15) is 11.6 Å². The van der Waals surface area contributed by atoms with Gasteiger partial charge in [-0.25, -0.2) is 8.78 Å². The predicted molar refractivity (Wildman–Crippen MR) is 96.3 cm³/mol. The van der Waals surface area contributed by atoms with Crippen molar-refractivity contribution in [2.24, 2.45) is 0 Å². The van der Waals surface area contributed by atoms with Crippen molar-refractivity contribution in [1.29, 1.82) is 0 Å². The summed E-state index contributed by atoms with van der Waals surface area (Å²) in [6.45, 7) is 1.11. The summed E-state index contributed by atoms with van der Waals surface area (Å²) in [4.78, 5) is 14.8. The second-order valence-corrected chi connectivity index (χ2v) is 6.79. The molecule has 0 aromatic heterocycles. The Balaban J connectivity index is 1.71. The van der Waals surface area contributed by atoms with Crippen molar-refractivity contribution in [3.05, 3.63) is 77.4 Å². The van der Waals surface area contributed by atoms with Gasteiger partial charge in [-0.2, -0.15) is 0 Å². The van der Waals surface area contributed by atoms with Crippen LogP contribution in [0.1, 0.15) is 30.0 Å². The minimum absolute atomic E-state index is 0.0133. The number of benzene rings is 2. The molecule has 2 heterocycles. The van der Waals surface area contributed by atoms with Crippen molar-refractivity contribution < 1.29 is 13.6 Å². The fourth-order valence-electron chi connectivity index (χ4n) is 3.77. The van der Waals surface area contributed by atoms with Gasteiger partial charge in [0.05, 0.1) is 12.1 Å². The van der Waals surface area contributed by atoms with Gasteiger partial charge in [0.25, 0.3) is 0 Å². The average Bonchev–Trinajstić information content (AvgIpc) is 3.34. The van der Waals surface area contributed by atoms with E-state index in [0.29, 0.717) is 5.57 Å². The van der Waals surface area contributed by atoms with E-state index in [1.165, 1.54) is 6.07 Å². The topological polar surface area (TPSA) is 32.3 Å². The highest BCUT2D eigenvalue weighted by Crippen LogP contribution is 2.36. The lowest BCUT2D eigenvalue weighted by Crippen LogP contribution is -2.43. The van der Waals surface area contributed by atoms with E-state index in [1.54, 1.807) is 4.90 Å². The lowest BCUT2D eigenvalue weighted by atomic mass is 10.0. The largest absolute Gasteiger partial charge is 0.326 e. The zero-order valence-electron chi connectivity index (χ0n) is 14.3. The van der Waals surface area contributed by atoms with E-state index in [0.717, 1.165) is 37.1 Å². The Morgan fingerprint density at radius 2 is 1.92 bits per heavy atom. The first-order chi connectivity index (χ1) is 12.6. The second kappa shape index (κ2) is 7.00. The summed E-state index contributed by atoms with van der Waals surface area (Å²) in [7, 11) is 0. The van der Waals surface area contributed by atoms with Gasteiger partial charge in [-0.3, -0.25) is 4.79 Å². The summed E-state index contributed by atoms with van der Waals surface area (Å²) in [5, 5.41) is 3.23. The lowest BCUT2D eigenvalue weighted by Gasteiger charge is -2.28. The number of amides is 1. The van der Waals surface area contributed by atoms with Crippen LogP contribution in [0.4, 0.5) is 8.78 Å². The Bertz CT molecular complexity index is 844. The molecule has 3 nitrogen and oxygen atoms in total. The van der Waals surface area contributed by atoms with Gasteiger partial charge >= 0.3 is 0 Å². The molecule has 5 heteroatoms. The van der Waals surface area contributed by atoms with Gasteiger partial charge in [-0.15, -0.1) is 0 Å². The van der Waals surface area contributed by atoms with Gasteiger partial charge in [-0.1, -0.05) is 36.4 Å². The lowest BCUT2D eigenvalue weighted by molar-refractivity contribution is -0.133. The fourth-order valence-corrected chi connectivity index (χ4v) is 3.77. The number of hydrogen-bond acceptors (Lipinski definition) is 2. The maximum atomic E-state index is 14.3. The van der Waals surface area contributed by atoms with Gasteiger partial charge in [0, 0.05) is 12.1 Å². The van der Waals surface area contributed by atoms with Crippen molar-refractivity contribution in [1.82, 2.24) is 10.2 Å². The van der Waals surface area contributed by atoms with Crippen LogP contribution in [0.2, 0.25) is 0 Å². The Kier molecular flexibility index (Phi) is 4.55. The maximum Gasteiger partial charge on any atom is 0.240 e. The number of nitrogens with one attached hydrogen (secondary N) is 1. The first-order valence-electron chi connectivity index (χ1n) is 8.88. The molecule has 2 atom stereocenters. The van der Waals surface area contributed by atoms with E-state index in [9.17, 15) is 13.6 Å². The molecule has 1 saturated heterocycles. The molecule has 2 aliphatic heterocycles. The van der Waals surface area contributed by atoms with Crippen molar-refractivity contribution in [3.8, 4) is 0 Å². The smallest absolute Gasteiger partial charge is 0.240 e. The summed E-state index contributed by atoms with van der Waals surface area (Å²) in [5.41, 5.74) is 1.83. The van der Waals surface area contributed by atoms with E-state index in [4.69, 9.17) is 0 Å². The normalized spacial score (nSPS) is 22.5. The minimum Gasteiger partial charge on any atom is -0.326 e. The van der Waals surface area contributed by atoms with Crippen LogP contribution in [-0.2, 0) is 4.79 Å². The monoisotopic (exact) mass is 354 g/mol. The van der Waals surface area contributed by atoms with Crippen LogP contribution in [0.25, 0.3) is 5.57 Å². The van der Waals surface area contributed by atoms with Crippen molar-refractivity contribution in [2.45, 2.75) is 24.9 Å². The first-order valence-corrected chi connectivity index (χ1v) is 8.88. The molecular formula is C21H20F2N2O. The van der Waals surface area contributed by atoms with Crippen LogP contribution in [0.5, 0.6) is 0 Å². The molecule has 134 valence electrons. The molecule has 0 bridgehead atoms. The summed E-state index contributed by atoms with van der Waals surface area (Å²) in [5.74, 6) is -0.946. The number of rotatable bonds is 3. The number of carbonyl (C=O) groups excluding carboxylic acids is 1. The summed E-state index contributed by atoms with van der Waals surface area (Å²) in [6, 6.07) is 12.6. The molecule has 0 saturated carbocycles. The number of halogens is 2. The molecule has 2 aromatic rings. The summed E-state index contributed by atoms with van der Waals surface area (Å²) < 4.78 is 27.9. The molecule has 1 amide bonds. The van der Waals surface area contributed by atoms with Crippen LogP contribution in [0, 0.1) is 11.6 Å². The Morgan fingerprint density at radius 3 is 2.65 bits per heavy atom. The molecule has 2 aliphatic rings. The fraction of sp³-hybridized carbons (Fsp3) is 0.286. The highest BCUT2D eigenvalue weighted by Gasteiger charge is 2.35. The van der Waals surface area contributed by atoms with Gasteiger partial charge in [0.15, 0.2) is 0 Å². The summed E-state index contributed by atoms with van der Waals surface area (Å²) in [6.07, 6.45) is 3.65. The predicted octanol–water partition coefficient (Wildman–Crippen LogP) is 3.68. The van der Waals surface area contributed by atoms with E-state index in [1.807, 2.05) is 36.4 Å². The van der Waals surface area contributed by atoms with Crippen LogP contribution in [-0.4, -0.2) is 29.9 Å². The van der Waals surface area contributed by atoms with Crippen molar-refractivity contribution >= 4 is 11.5 Å². The summed E-state index contributed by atoms with van der Waals surface area (Å²) >= 11 is 0. The molecule has 26 heavy (non-hydrogen) atoms. The molecule has 0 aliphatic carbocycles. The van der Waals surface area contributed by atoms with Crippen LogP contribution in [0.3, 0.4) is 0 Å². The molecule has 1 N–H and O–H groups in total. The number of nitrogens with zero attached hydrogens (tertiary/aromatic N) is 1. The van der Waals surface area contributed by atoms with Gasteiger partial charge < -0.3 is 10.2 Å². The van der Waals surface area contributed by atoms with Crippen molar-refractivity contribution in [3.63, 3.8) is 0 Å². The molecule has 1 fully saturated rings. The highest BCUT2D eigenvalue weighted by molar-refractivity contribution is 5.87. The van der Waals surface area contributed by atoms with Crippen molar-refractivity contribution in [2.75, 3.05) is 13.1 Å². The molecule has 0 radical (unpaired) electrons. The Morgan fingerprint density at radius 1 is 1.12 bits per heavy atom. The molecule has 4 rings (SSSR count). The zero-order chi connectivity index (χ0) is 18.1. The third-order valence-corrected chi connectivity index (χ3v) is 5.09. The Labute approximate surface area is 151 Å².